The van der Waals surface area contributed by atoms with E-state index in [9.17, 15) is 9.59 Å². The number of allylic oxidation sites excluding steroid dienone is 1. The summed E-state index contributed by atoms with van der Waals surface area (Å²) in [5.74, 6) is 0.657. The lowest BCUT2D eigenvalue weighted by molar-refractivity contribution is -0.141. The van der Waals surface area contributed by atoms with E-state index in [1.807, 2.05) is 6.07 Å². The van der Waals surface area contributed by atoms with Gasteiger partial charge in [-0.3, -0.25) is 9.79 Å². The molecule has 0 saturated heterocycles. The molecule has 10 nitrogen and oxygen atoms in total. The number of aryl methyl sites for hydroxylation is 3. The third kappa shape index (κ3) is 7.07. The second-order valence-electron chi connectivity index (χ2n) is 9.08. The fourth-order valence-corrected chi connectivity index (χ4v) is 5.91. The van der Waals surface area contributed by atoms with Crippen molar-refractivity contribution in [3.63, 3.8) is 0 Å². The number of carbonyl (C=O) groups excluding carboxylic acids is 2. The summed E-state index contributed by atoms with van der Waals surface area (Å²) in [7, 11) is 6.46. The van der Waals surface area contributed by atoms with E-state index in [4.69, 9.17) is 45.0 Å². The summed E-state index contributed by atoms with van der Waals surface area (Å²) >= 11 is 14.3. The summed E-state index contributed by atoms with van der Waals surface area (Å²) < 4.78 is 13.5. The largest absolute Gasteiger partial charge is 0.466 e. The first-order valence-corrected chi connectivity index (χ1v) is 14.7. The summed E-state index contributed by atoms with van der Waals surface area (Å²) in [6, 6.07) is 3.61. The van der Waals surface area contributed by atoms with Crippen molar-refractivity contribution in [1.82, 2.24) is 14.3 Å². The minimum Gasteiger partial charge on any atom is -0.466 e. The first-order valence-electron chi connectivity index (χ1n) is 12.6. The zero-order valence-electron chi connectivity index (χ0n) is 23.6. The number of hydrogen-bond acceptors (Lipinski definition) is 8. The average Bonchev–Trinajstić information content (AvgIpc) is 3.41. The van der Waals surface area contributed by atoms with E-state index in [2.05, 4.69) is 14.9 Å². The Balaban J connectivity index is 2.15. The molecule has 2 heterocycles. The summed E-state index contributed by atoms with van der Waals surface area (Å²) in [6.07, 6.45) is 2.72. The number of methoxy groups -OCH3 is 1. The van der Waals surface area contributed by atoms with Crippen LogP contribution in [0.2, 0.25) is 5.02 Å². The van der Waals surface area contributed by atoms with Crippen LogP contribution in [0, 0.1) is 6.57 Å². The van der Waals surface area contributed by atoms with Gasteiger partial charge < -0.3 is 24.6 Å². The minimum atomic E-state index is -0.505. The van der Waals surface area contributed by atoms with Gasteiger partial charge in [0, 0.05) is 59.8 Å². The maximum Gasteiger partial charge on any atom is 0.354 e. The number of nitrogens with zero attached hydrogens (tertiary/aromatic N) is 5. The Labute approximate surface area is 253 Å². The van der Waals surface area contributed by atoms with Crippen LogP contribution < -0.4 is 5.73 Å². The topological polar surface area (TPSA) is 118 Å². The minimum absolute atomic E-state index is 0.215. The van der Waals surface area contributed by atoms with Gasteiger partial charge in [0.2, 0.25) is 0 Å². The molecule has 218 valence electrons. The standard InChI is InChI=1S/C28H32Cl2N6O4S/c1-16(37)40-11-7-8-19-20-9-10-21(30)23(25(20)35(4)26(19)28(38)39-6)24-22(34-36(5)27(24)33-3)15-41-14-17(31)12-18(13-29)32-2/h9-10,12H,7-8,11,13-15,31H2,1-2,4-6H3/b17-12-,32-18?. The van der Waals surface area contributed by atoms with Gasteiger partial charge in [-0.15, -0.1) is 28.5 Å². The van der Waals surface area contributed by atoms with Gasteiger partial charge in [0.25, 0.3) is 5.82 Å². The van der Waals surface area contributed by atoms with Crippen molar-refractivity contribution < 1.29 is 19.1 Å². The quantitative estimate of drug-likeness (QED) is 0.0942. The summed E-state index contributed by atoms with van der Waals surface area (Å²) in [5, 5.41) is 5.85. The predicted molar refractivity (Wildman–Crippen MR) is 165 cm³/mol. The van der Waals surface area contributed by atoms with Gasteiger partial charge in [-0.25, -0.2) is 9.48 Å². The van der Waals surface area contributed by atoms with Gasteiger partial charge in [-0.1, -0.05) is 24.2 Å². The highest BCUT2D eigenvalue weighted by molar-refractivity contribution is 7.98. The third-order valence-corrected chi connectivity index (χ3v) is 8.00. The predicted octanol–water partition coefficient (Wildman–Crippen LogP) is 5.45. The molecule has 2 N–H and O–H groups in total. The fourth-order valence-electron chi connectivity index (χ4n) is 4.65. The maximum absolute atomic E-state index is 13.0. The number of alkyl halides is 1. The number of aliphatic imine (C=N–C) groups is 1. The van der Waals surface area contributed by atoms with Crippen LogP contribution in [0.4, 0.5) is 5.82 Å². The molecule has 3 aromatic rings. The van der Waals surface area contributed by atoms with Gasteiger partial charge in [0.05, 0.1) is 43.6 Å². The number of hydrogen-bond donors (Lipinski definition) is 1. The number of nitrogens with two attached hydrogens (primary N) is 1. The SMILES string of the molecule is [C-]#[N+]c1c(-c2c(Cl)ccc3c(CCCOC(C)=O)c(C(=O)OC)n(C)c23)c(CSC/C(N)=C/C(CCl)=NC)nn1C. The Hall–Kier alpha value is -3.46. The number of halogens is 2. The number of rotatable bonds is 12. The monoisotopic (exact) mass is 618 g/mol. The molecule has 0 bridgehead atoms. The lowest BCUT2D eigenvalue weighted by Gasteiger charge is -2.11. The first-order chi connectivity index (χ1) is 19.6. The van der Waals surface area contributed by atoms with Crippen LogP contribution in [0.1, 0.15) is 35.1 Å². The molecule has 0 aliphatic heterocycles. The van der Waals surface area contributed by atoms with Crippen molar-refractivity contribution in [2.45, 2.75) is 25.5 Å². The highest BCUT2D eigenvalue weighted by Crippen LogP contribution is 2.45. The zero-order valence-corrected chi connectivity index (χ0v) is 25.9. The number of carbonyl (C=O) groups is 2. The highest BCUT2D eigenvalue weighted by Gasteiger charge is 2.28. The molecule has 13 heteroatoms. The van der Waals surface area contributed by atoms with Gasteiger partial charge in [0.15, 0.2) is 0 Å². The van der Waals surface area contributed by atoms with Crippen LogP contribution >= 0.6 is 35.0 Å². The van der Waals surface area contributed by atoms with Crippen LogP contribution in [0.3, 0.4) is 0 Å². The number of benzene rings is 1. The van der Waals surface area contributed by atoms with Crippen LogP contribution in [-0.4, -0.2) is 64.4 Å². The normalized spacial score (nSPS) is 12.0. The van der Waals surface area contributed by atoms with E-state index in [1.165, 1.54) is 30.5 Å². The van der Waals surface area contributed by atoms with Gasteiger partial charge in [-0.2, -0.15) is 0 Å². The van der Waals surface area contributed by atoms with E-state index in [-0.39, 0.29) is 18.5 Å². The number of esters is 2. The number of ether oxygens (including phenoxy) is 2. The van der Waals surface area contributed by atoms with Crippen molar-refractivity contribution in [1.29, 1.82) is 0 Å². The van der Waals surface area contributed by atoms with Crippen LogP contribution in [0.5, 0.6) is 0 Å². The zero-order chi connectivity index (χ0) is 30.3. The Bertz CT molecular complexity index is 1570. The second-order valence-corrected chi connectivity index (χ2v) is 10.7. The molecule has 1 aromatic carbocycles. The molecule has 0 aliphatic rings. The van der Waals surface area contributed by atoms with Crippen molar-refractivity contribution in [2.24, 2.45) is 24.8 Å². The second kappa shape index (κ2) is 14.4. The molecule has 0 radical (unpaired) electrons. The van der Waals surface area contributed by atoms with Crippen LogP contribution in [0.25, 0.3) is 26.9 Å². The lowest BCUT2D eigenvalue weighted by atomic mass is 9.99. The van der Waals surface area contributed by atoms with E-state index in [0.29, 0.717) is 74.6 Å². The van der Waals surface area contributed by atoms with Crippen molar-refractivity contribution in [3.8, 4) is 11.1 Å². The fraction of sp³-hybridized carbons (Fsp3) is 0.393. The maximum atomic E-state index is 13.0. The molecular formula is C28H32Cl2N6O4S. The average molecular weight is 620 g/mol. The van der Waals surface area contributed by atoms with Crippen LogP contribution in [-0.2, 0) is 40.5 Å². The van der Waals surface area contributed by atoms with E-state index in [0.717, 1.165) is 10.9 Å². The molecule has 0 amide bonds. The number of aromatic nitrogens is 3. The first kappa shape index (κ1) is 32.1. The Morgan fingerprint density at radius 2 is 2.02 bits per heavy atom. The number of thioether (sulfide) groups is 1. The Morgan fingerprint density at radius 3 is 2.63 bits per heavy atom. The van der Waals surface area contributed by atoms with Gasteiger partial charge in [0.1, 0.15) is 5.69 Å². The molecule has 0 aliphatic carbocycles. The van der Waals surface area contributed by atoms with Crippen molar-refractivity contribution in [2.75, 3.05) is 32.4 Å². The summed E-state index contributed by atoms with van der Waals surface area (Å²) in [4.78, 5) is 32.1. The van der Waals surface area contributed by atoms with Crippen molar-refractivity contribution >= 4 is 69.3 Å². The molecule has 41 heavy (non-hydrogen) atoms. The molecule has 3 rings (SSSR count). The van der Waals surface area contributed by atoms with E-state index >= 15 is 0 Å². The van der Waals surface area contributed by atoms with Gasteiger partial charge in [-0.05, 0) is 30.5 Å². The molecule has 0 fully saturated rings. The van der Waals surface area contributed by atoms with E-state index in [1.54, 1.807) is 37.9 Å². The molecule has 0 atom stereocenters. The Kier molecular flexibility index (Phi) is 11.3. The molecule has 2 aromatic heterocycles. The number of fused-ring (bicyclic) bond motifs is 1. The molecule has 0 saturated carbocycles. The lowest BCUT2D eigenvalue weighted by Crippen LogP contribution is -2.11. The summed E-state index contributed by atoms with van der Waals surface area (Å²) in [5.41, 5.74) is 11.1. The molecule has 0 unspecified atom stereocenters. The highest BCUT2D eigenvalue weighted by atomic mass is 35.5. The van der Waals surface area contributed by atoms with Gasteiger partial charge >= 0.3 is 11.9 Å². The third-order valence-electron chi connectivity index (χ3n) is 6.39. The smallest absolute Gasteiger partial charge is 0.354 e. The molecular weight excluding hydrogens is 587 g/mol. The summed E-state index contributed by atoms with van der Waals surface area (Å²) in [6.45, 7) is 9.48. The van der Waals surface area contributed by atoms with E-state index < -0.39 is 5.97 Å². The van der Waals surface area contributed by atoms with Crippen LogP contribution in [0.15, 0.2) is 28.9 Å². The molecule has 0 spiro atoms. The van der Waals surface area contributed by atoms with Crippen molar-refractivity contribution in [3.05, 3.63) is 57.3 Å². The Morgan fingerprint density at radius 1 is 1.29 bits per heavy atom.